The third-order valence-electron chi connectivity index (χ3n) is 5.47. The molecule has 0 aromatic heterocycles. The van der Waals surface area contributed by atoms with Gasteiger partial charge in [-0.05, 0) is 43.6 Å². The predicted octanol–water partition coefficient (Wildman–Crippen LogP) is 2.52. The minimum atomic E-state index is -0.0858. The van der Waals surface area contributed by atoms with Crippen molar-refractivity contribution in [3.05, 3.63) is 71.3 Å². The molecule has 2 amide bonds. The summed E-state index contributed by atoms with van der Waals surface area (Å²) in [4.78, 5) is 16.8. The quantitative estimate of drug-likeness (QED) is 0.740. The van der Waals surface area contributed by atoms with Crippen LogP contribution in [0.3, 0.4) is 0 Å². The average molecular weight is 381 g/mol. The summed E-state index contributed by atoms with van der Waals surface area (Å²) in [5.74, 6) is 0. The highest BCUT2D eigenvalue weighted by molar-refractivity contribution is 5.73. The summed E-state index contributed by atoms with van der Waals surface area (Å²) < 4.78 is 0. The van der Waals surface area contributed by atoms with Crippen LogP contribution in [0.5, 0.6) is 0 Å². The Morgan fingerprint density at radius 3 is 2.50 bits per heavy atom. The van der Waals surface area contributed by atoms with Crippen molar-refractivity contribution in [3.63, 3.8) is 0 Å². The largest absolute Gasteiger partial charge is 0.337 e. The fourth-order valence-corrected chi connectivity index (χ4v) is 3.67. The fourth-order valence-electron chi connectivity index (χ4n) is 3.67. The zero-order chi connectivity index (χ0) is 19.8. The lowest BCUT2D eigenvalue weighted by molar-refractivity contribution is 0.224. The molecular formula is C23H32N4O. The molecular weight excluding hydrogens is 348 g/mol. The van der Waals surface area contributed by atoms with Crippen LogP contribution >= 0.6 is 0 Å². The van der Waals surface area contributed by atoms with Crippen molar-refractivity contribution in [1.82, 2.24) is 20.4 Å². The van der Waals surface area contributed by atoms with E-state index in [1.54, 1.807) is 0 Å². The van der Waals surface area contributed by atoms with Gasteiger partial charge in [-0.25, -0.2) is 4.79 Å². The molecule has 1 atom stereocenters. The third-order valence-corrected chi connectivity index (χ3v) is 5.47. The molecule has 0 radical (unpaired) electrons. The summed E-state index contributed by atoms with van der Waals surface area (Å²) in [5.41, 5.74) is 4.15. The molecule has 0 saturated heterocycles. The van der Waals surface area contributed by atoms with E-state index in [2.05, 4.69) is 83.1 Å². The molecule has 0 fully saturated rings. The number of likely N-dealkylation sites (N-methyl/N-ethyl adjacent to an activating group) is 1. The number of carbonyl (C=O) groups excluding carboxylic acids is 1. The highest BCUT2D eigenvalue weighted by Gasteiger charge is 2.16. The molecule has 2 aromatic rings. The number of carbonyl (C=O) groups is 1. The van der Waals surface area contributed by atoms with Gasteiger partial charge in [0.05, 0.1) is 0 Å². The maximum absolute atomic E-state index is 12.2. The molecule has 2 N–H and O–H groups in total. The molecule has 28 heavy (non-hydrogen) atoms. The number of rotatable bonds is 8. The summed E-state index contributed by atoms with van der Waals surface area (Å²) in [6.07, 6.45) is 2.01. The topological polar surface area (TPSA) is 47.6 Å². The van der Waals surface area contributed by atoms with Crippen molar-refractivity contribution < 1.29 is 4.79 Å². The molecule has 0 spiro atoms. The second-order valence-electron chi connectivity index (χ2n) is 7.74. The second-order valence-corrected chi connectivity index (χ2v) is 7.74. The summed E-state index contributed by atoms with van der Waals surface area (Å²) >= 11 is 0. The van der Waals surface area contributed by atoms with E-state index >= 15 is 0 Å². The number of fused-ring (bicyclic) bond motifs is 1. The summed E-state index contributed by atoms with van der Waals surface area (Å²) in [7, 11) is 4.11. The Morgan fingerprint density at radius 2 is 1.75 bits per heavy atom. The molecule has 0 saturated carbocycles. The van der Waals surface area contributed by atoms with E-state index in [1.165, 1.54) is 16.7 Å². The Labute approximate surface area is 168 Å². The smallest absolute Gasteiger partial charge is 0.314 e. The molecule has 3 rings (SSSR count). The van der Waals surface area contributed by atoms with E-state index in [0.717, 1.165) is 32.5 Å². The van der Waals surface area contributed by atoms with Crippen molar-refractivity contribution in [3.8, 4) is 0 Å². The van der Waals surface area contributed by atoms with Crippen LogP contribution < -0.4 is 10.6 Å². The van der Waals surface area contributed by atoms with Crippen LogP contribution in [-0.2, 0) is 19.4 Å². The SMILES string of the molecule is CN(C)C(CNC(=O)NCCN1CCc2ccccc2C1)Cc1ccccc1. The van der Waals surface area contributed by atoms with Gasteiger partial charge in [0.2, 0.25) is 0 Å². The second kappa shape index (κ2) is 10.2. The van der Waals surface area contributed by atoms with E-state index in [-0.39, 0.29) is 12.1 Å². The van der Waals surface area contributed by atoms with Gasteiger partial charge in [0.15, 0.2) is 0 Å². The number of benzene rings is 2. The first-order chi connectivity index (χ1) is 13.6. The van der Waals surface area contributed by atoms with Crippen molar-refractivity contribution in [2.24, 2.45) is 0 Å². The third kappa shape index (κ3) is 6.08. The first-order valence-corrected chi connectivity index (χ1v) is 10.1. The van der Waals surface area contributed by atoms with Gasteiger partial charge in [-0.15, -0.1) is 0 Å². The Balaban J connectivity index is 1.37. The van der Waals surface area contributed by atoms with Gasteiger partial charge in [0, 0.05) is 38.8 Å². The van der Waals surface area contributed by atoms with Crippen molar-refractivity contribution >= 4 is 6.03 Å². The van der Waals surface area contributed by atoms with Gasteiger partial charge in [-0.3, -0.25) is 4.90 Å². The van der Waals surface area contributed by atoms with Crippen LogP contribution in [0, 0.1) is 0 Å². The molecule has 0 aliphatic carbocycles. The van der Waals surface area contributed by atoms with E-state index in [4.69, 9.17) is 0 Å². The van der Waals surface area contributed by atoms with Gasteiger partial charge in [-0.2, -0.15) is 0 Å². The van der Waals surface area contributed by atoms with E-state index < -0.39 is 0 Å². The van der Waals surface area contributed by atoms with E-state index in [9.17, 15) is 4.79 Å². The molecule has 1 unspecified atom stereocenters. The van der Waals surface area contributed by atoms with Crippen LogP contribution in [0.2, 0.25) is 0 Å². The molecule has 2 aromatic carbocycles. The van der Waals surface area contributed by atoms with Crippen LogP contribution in [-0.4, -0.2) is 62.1 Å². The summed E-state index contributed by atoms with van der Waals surface area (Å²) in [6.45, 7) is 4.20. The highest BCUT2D eigenvalue weighted by Crippen LogP contribution is 2.17. The molecule has 1 heterocycles. The van der Waals surface area contributed by atoms with Crippen LogP contribution in [0.4, 0.5) is 4.79 Å². The Kier molecular flexibility index (Phi) is 7.46. The lowest BCUT2D eigenvalue weighted by Crippen LogP contribution is -2.46. The van der Waals surface area contributed by atoms with E-state index in [1.807, 2.05) is 6.07 Å². The molecule has 1 aliphatic rings. The fraction of sp³-hybridized carbons (Fsp3) is 0.435. The van der Waals surface area contributed by atoms with Gasteiger partial charge in [0.25, 0.3) is 0 Å². The number of hydrogen-bond donors (Lipinski definition) is 2. The van der Waals surface area contributed by atoms with Crippen molar-refractivity contribution in [2.75, 3.05) is 40.3 Å². The molecule has 0 bridgehead atoms. The minimum Gasteiger partial charge on any atom is -0.337 e. The zero-order valence-corrected chi connectivity index (χ0v) is 17.0. The number of amides is 2. The van der Waals surface area contributed by atoms with Crippen molar-refractivity contribution in [2.45, 2.75) is 25.4 Å². The average Bonchev–Trinajstić information content (AvgIpc) is 2.71. The zero-order valence-electron chi connectivity index (χ0n) is 17.0. The summed E-state index contributed by atoms with van der Waals surface area (Å²) in [5, 5.41) is 6.03. The molecule has 150 valence electrons. The van der Waals surface area contributed by atoms with Crippen LogP contribution in [0.25, 0.3) is 0 Å². The molecule has 1 aliphatic heterocycles. The molecule has 5 heteroatoms. The monoisotopic (exact) mass is 380 g/mol. The number of hydrogen-bond acceptors (Lipinski definition) is 3. The van der Waals surface area contributed by atoms with Crippen LogP contribution in [0.15, 0.2) is 54.6 Å². The highest BCUT2D eigenvalue weighted by atomic mass is 16.2. The minimum absolute atomic E-state index is 0.0858. The van der Waals surface area contributed by atoms with E-state index in [0.29, 0.717) is 13.1 Å². The lowest BCUT2D eigenvalue weighted by Gasteiger charge is -2.28. The normalized spacial score (nSPS) is 15.1. The van der Waals surface area contributed by atoms with Gasteiger partial charge in [-0.1, -0.05) is 54.6 Å². The Morgan fingerprint density at radius 1 is 1.04 bits per heavy atom. The van der Waals surface area contributed by atoms with Gasteiger partial charge >= 0.3 is 6.03 Å². The van der Waals surface area contributed by atoms with Gasteiger partial charge in [0.1, 0.15) is 0 Å². The number of nitrogens with one attached hydrogen (secondary N) is 2. The first-order valence-electron chi connectivity index (χ1n) is 10.1. The molecule has 5 nitrogen and oxygen atoms in total. The maximum Gasteiger partial charge on any atom is 0.314 e. The van der Waals surface area contributed by atoms with Crippen LogP contribution in [0.1, 0.15) is 16.7 Å². The predicted molar refractivity (Wildman–Crippen MR) is 114 cm³/mol. The number of urea groups is 1. The van der Waals surface area contributed by atoms with Crippen molar-refractivity contribution in [1.29, 1.82) is 0 Å². The van der Waals surface area contributed by atoms with Gasteiger partial charge < -0.3 is 15.5 Å². The first kappa shape index (κ1) is 20.4. The lowest BCUT2D eigenvalue weighted by atomic mass is 10.00. The summed E-state index contributed by atoms with van der Waals surface area (Å²) in [6, 6.07) is 19.2. The standard InChI is InChI=1S/C23H32N4O/c1-26(2)22(16-19-8-4-3-5-9-19)17-25-23(28)24-13-15-27-14-12-20-10-6-7-11-21(20)18-27/h3-11,22H,12-18H2,1-2H3,(H2,24,25,28). The maximum atomic E-state index is 12.2. The Bertz CT molecular complexity index is 747. The number of nitrogens with zero attached hydrogens (tertiary/aromatic N) is 2. The Hall–Kier alpha value is -2.37.